The standard InChI is InChI=1S/C25H25FN4O3/c26-20-8-10-21(11-9-20)27-25(33)19-7-12-24(32)30(16-19)17-23(31)28-22-6-2-1-5-18(22)15-29-13-3-4-14-29/h1-2,5-12,16H,3-4,13-15,17H2,(H,27,33)(H,28,31). The van der Waals surface area contributed by atoms with Gasteiger partial charge in [0.05, 0.1) is 5.56 Å². The fourth-order valence-electron chi connectivity index (χ4n) is 3.83. The molecular weight excluding hydrogens is 423 g/mol. The van der Waals surface area contributed by atoms with Gasteiger partial charge >= 0.3 is 0 Å². The number of pyridine rings is 1. The number of nitrogens with one attached hydrogen (secondary N) is 2. The van der Waals surface area contributed by atoms with Crippen LogP contribution in [0.3, 0.4) is 0 Å². The minimum absolute atomic E-state index is 0.209. The van der Waals surface area contributed by atoms with Crippen LogP contribution >= 0.6 is 0 Å². The lowest BCUT2D eigenvalue weighted by atomic mass is 10.1. The quantitative estimate of drug-likeness (QED) is 0.580. The van der Waals surface area contributed by atoms with Crippen molar-refractivity contribution in [3.8, 4) is 0 Å². The lowest BCUT2D eigenvalue weighted by molar-refractivity contribution is -0.116. The van der Waals surface area contributed by atoms with Gasteiger partial charge in [0.1, 0.15) is 12.4 Å². The zero-order valence-electron chi connectivity index (χ0n) is 18.1. The smallest absolute Gasteiger partial charge is 0.257 e. The molecule has 2 N–H and O–H groups in total. The number of aromatic nitrogens is 1. The van der Waals surface area contributed by atoms with Crippen molar-refractivity contribution in [3.05, 3.63) is 94.2 Å². The SMILES string of the molecule is O=C(Cn1cc(C(=O)Nc2ccc(F)cc2)ccc1=O)Nc1ccccc1CN1CCCC1. The summed E-state index contributed by atoms with van der Waals surface area (Å²) >= 11 is 0. The molecule has 0 aliphatic carbocycles. The first-order chi connectivity index (χ1) is 16.0. The summed E-state index contributed by atoms with van der Waals surface area (Å²) in [6.45, 7) is 2.62. The van der Waals surface area contributed by atoms with Crippen LogP contribution in [0.5, 0.6) is 0 Å². The van der Waals surface area contributed by atoms with Crippen molar-refractivity contribution in [2.75, 3.05) is 23.7 Å². The van der Waals surface area contributed by atoms with Gasteiger partial charge in [-0.15, -0.1) is 0 Å². The zero-order valence-corrected chi connectivity index (χ0v) is 18.1. The second-order valence-corrected chi connectivity index (χ2v) is 8.03. The Morgan fingerprint density at radius 3 is 2.39 bits per heavy atom. The monoisotopic (exact) mass is 448 g/mol. The normalized spacial score (nSPS) is 13.6. The first kappa shape index (κ1) is 22.4. The average molecular weight is 448 g/mol. The van der Waals surface area contributed by atoms with Gasteiger partial charge in [0.2, 0.25) is 5.91 Å². The predicted octanol–water partition coefficient (Wildman–Crippen LogP) is 3.47. The molecule has 170 valence electrons. The van der Waals surface area contributed by atoms with Gasteiger partial charge in [-0.05, 0) is 67.9 Å². The Kier molecular flexibility index (Phi) is 6.95. The van der Waals surface area contributed by atoms with E-state index in [2.05, 4.69) is 15.5 Å². The molecule has 0 saturated carbocycles. The summed E-state index contributed by atoms with van der Waals surface area (Å²) in [5, 5.41) is 5.53. The minimum atomic E-state index is -0.466. The summed E-state index contributed by atoms with van der Waals surface area (Å²) in [5.41, 5.74) is 1.97. The van der Waals surface area contributed by atoms with Crippen LogP contribution in [0.2, 0.25) is 0 Å². The molecule has 2 amide bonds. The number of carbonyl (C=O) groups is 2. The van der Waals surface area contributed by atoms with Crippen molar-refractivity contribution in [2.45, 2.75) is 25.9 Å². The molecule has 33 heavy (non-hydrogen) atoms. The third-order valence-corrected chi connectivity index (χ3v) is 5.55. The topological polar surface area (TPSA) is 83.4 Å². The van der Waals surface area contributed by atoms with Crippen molar-refractivity contribution in [1.29, 1.82) is 0 Å². The van der Waals surface area contributed by atoms with Gasteiger partial charge in [-0.1, -0.05) is 18.2 Å². The van der Waals surface area contributed by atoms with Crippen LogP contribution in [0.25, 0.3) is 0 Å². The number of carbonyl (C=O) groups excluding carboxylic acids is 2. The third kappa shape index (κ3) is 5.93. The maximum atomic E-state index is 13.1. The number of para-hydroxylation sites is 1. The number of likely N-dealkylation sites (tertiary alicyclic amines) is 1. The molecule has 7 nitrogen and oxygen atoms in total. The lowest BCUT2D eigenvalue weighted by Gasteiger charge is -2.18. The van der Waals surface area contributed by atoms with Crippen molar-refractivity contribution < 1.29 is 14.0 Å². The summed E-state index contributed by atoms with van der Waals surface area (Å²) in [4.78, 5) is 39.9. The summed E-state index contributed by atoms with van der Waals surface area (Å²) in [6, 6.07) is 15.6. The van der Waals surface area contributed by atoms with Crippen LogP contribution in [-0.4, -0.2) is 34.4 Å². The molecule has 0 bridgehead atoms. The first-order valence-electron chi connectivity index (χ1n) is 10.9. The Labute approximate surface area is 190 Å². The molecule has 2 heterocycles. The highest BCUT2D eigenvalue weighted by Crippen LogP contribution is 2.20. The highest BCUT2D eigenvalue weighted by atomic mass is 19.1. The van der Waals surface area contributed by atoms with E-state index in [-0.39, 0.29) is 18.0 Å². The van der Waals surface area contributed by atoms with Gasteiger partial charge in [-0.25, -0.2) is 4.39 Å². The largest absolute Gasteiger partial charge is 0.324 e. The molecule has 0 atom stereocenters. The third-order valence-electron chi connectivity index (χ3n) is 5.55. The molecule has 0 unspecified atom stereocenters. The van der Waals surface area contributed by atoms with Gasteiger partial charge < -0.3 is 15.2 Å². The number of hydrogen-bond donors (Lipinski definition) is 2. The molecule has 4 rings (SSSR count). The molecule has 1 aromatic heterocycles. The van der Waals surface area contributed by atoms with Crippen LogP contribution in [0.15, 0.2) is 71.7 Å². The Bertz CT molecular complexity index is 1200. The fraction of sp³-hybridized carbons (Fsp3) is 0.240. The van der Waals surface area contributed by atoms with Crippen LogP contribution in [0.1, 0.15) is 28.8 Å². The summed E-state index contributed by atoms with van der Waals surface area (Å²) in [6.07, 6.45) is 3.71. The van der Waals surface area contributed by atoms with E-state index in [1.54, 1.807) is 0 Å². The summed E-state index contributed by atoms with van der Waals surface area (Å²) in [7, 11) is 0. The fourth-order valence-corrected chi connectivity index (χ4v) is 3.83. The van der Waals surface area contributed by atoms with E-state index in [0.717, 1.165) is 25.2 Å². The molecule has 1 aliphatic rings. The minimum Gasteiger partial charge on any atom is -0.324 e. The second kappa shape index (κ2) is 10.2. The van der Waals surface area contributed by atoms with E-state index < -0.39 is 17.3 Å². The number of halogens is 1. The number of benzene rings is 2. The second-order valence-electron chi connectivity index (χ2n) is 8.03. The van der Waals surface area contributed by atoms with E-state index in [4.69, 9.17) is 0 Å². The average Bonchev–Trinajstić information content (AvgIpc) is 3.31. The van der Waals surface area contributed by atoms with Crippen molar-refractivity contribution in [1.82, 2.24) is 9.47 Å². The Morgan fingerprint density at radius 1 is 0.909 bits per heavy atom. The number of anilines is 2. The van der Waals surface area contributed by atoms with Crippen LogP contribution in [-0.2, 0) is 17.9 Å². The maximum absolute atomic E-state index is 13.1. The molecule has 1 aliphatic heterocycles. The van der Waals surface area contributed by atoms with E-state index in [1.165, 1.54) is 60.0 Å². The molecule has 0 spiro atoms. The van der Waals surface area contributed by atoms with E-state index >= 15 is 0 Å². The first-order valence-corrected chi connectivity index (χ1v) is 10.9. The Morgan fingerprint density at radius 2 is 1.64 bits per heavy atom. The van der Waals surface area contributed by atoms with E-state index in [9.17, 15) is 18.8 Å². The van der Waals surface area contributed by atoms with Gasteiger partial charge in [0.15, 0.2) is 0 Å². The van der Waals surface area contributed by atoms with E-state index in [0.29, 0.717) is 11.4 Å². The van der Waals surface area contributed by atoms with Crippen molar-refractivity contribution in [2.24, 2.45) is 0 Å². The van der Waals surface area contributed by atoms with E-state index in [1.807, 2.05) is 24.3 Å². The number of amides is 2. The molecule has 3 aromatic rings. The molecule has 1 fully saturated rings. The van der Waals surface area contributed by atoms with Crippen molar-refractivity contribution >= 4 is 23.2 Å². The number of hydrogen-bond acceptors (Lipinski definition) is 4. The summed E-state index contributed by atoms with van der Waals surface area (Å²) < 4.78 is 14.2. The van der Waals surface area contributed by atoms with Crippen LogP contribution in [0, 0.1) is 5.82 Å². The lowest BCUT2D eigenvalue weighted by Crippen LogP contribution is -2.28. The van der Waals surface area contributed by atoms with Crippen LogP contribution < -0.4 is 16.2 Å². The number of nitrogens with zero attached hydrogens (tertiary/aromatic N) is 2. The Balaban J connectivity index is 1.43. The van der Waals surface area contributed by atoms with Crippen molar-refractivity contribution in [3.63, 3.8) is 0 Å². The highest BCUT2D eigenvalue weighted by Gasteiger charge is 2.15. The van der Waals surface area contributed by atoms with Gasteiger partial charge in [0, 0.05) is 30.2 Å². The highest BCUT2D eigenvalue weighted by molar-refractivity contribution is 6.04. The van der Waals surface area contributed by atoms with Gasteiger partial charge in [-0.2, -0.15) is 0 Å². The predicted molar refractivity (Wildman–Crippen MR) is 125 cm³/mol. The molecule has 0 radical (unpaired) electrons. The molecule has 2 aromatic carbocycles. The van der Waals surface area contributed by atoms with Gasteiger partial charge in [-0.3, -0.25) is 19.3 Å². The van der Waals surface area contributed by atoms with Crippen LogP contribution in [0.4, 0.5) is 15.8 Å². The number of rotatable bonds is 7. The Hall–Kier alpha value is -3.78. The zero-order chi connectivity index (χ0) is 23.2. The molecule has 8 heteroatoms. The molecular formula is C25H25FN4O3. The summed E-state index contributed by atoms with van der Waals surface area (Å²) in [5.74, 6) is -1.23. The maximum Gasteiger partial charge on any atom is 0.257 e. The van der Waals surface area contributed by atoms with Gasteiger partial charge in [0.25, 0.3) is 11.5 Å². The molecule has 1 saturated heterocycles.